The van der Waals surface area contributed by atoms with E-state index in [1.54, 1.807) is 0 Å². The third kappa shape index (κ3) is 4.97. The van der Waals surface area contributed by atoms with Crippen LogP contribution in [0.15, 0.2) is 0 Å². The fraction of sp³-hybridized carbons (Fsp3) is 0.923. The van der Waals surface area contributed by atoms with Crippen LogP contribution in [0.3, 0.4) is 0 Å². The molecule has 1 fully saturated rings. The van der Waals surface area contributed by atoms with Crippen molar-refractivity contribution in [3.05, 3.63) is 0 Å². The number of hydrogen-bond acceptors (Lipinski definition) is 2. The van der Waals surface area contributed by atoms with Gasteiger partial charge in [-0.3, -0.25) is 4.79 Å². The fourth-order valence-corrected chi connectivity index (χ4v) is 1.92. The molecule has 2 N–H and O–H groups in total. The number of carbonyl (C=O) groups excluding carboxylic acids is 1. The van der Waals surface area contributed by atoms with E-state index in [9.17, 15) is 4.79 Å². The van der Waals surface area contributed by atoms with E-state index in [4.69, 9.17) is 5.73 Å². The molecule has 3 heteroatoms. The molecule has 0 radical (unpaired) electrons. The maximum Gasteiger partial charge on any atom is 0.222 e. The minimum atomic E-state index is 0.332. The summed E-state index contributed by atoms with van der Waals surface area (Å²) < 4.78 is 0. The third-order valence-electron chi connectivity index (χ3n) is 3.19. The van der Waals surface area contributed by atoms with E-state index in [0.717, 1.165) is 38.3 Å². The molecule has 0 aliphatic heterocycles. The van der Waals surface area contributed by atoms with Crippen molar-refractivity contribution in [2.24, 2.45) is 11.7 Å². The molecule has 0 aromatic rings. The van der Waals surface area contributed by atoms with Crippen molar-refractivity contribution >= 4 is 5.91 Å². The fourth-order valence-electron chi connectivity index (χ4n) is 1.92. The maximum absolute atomic E-state index is 12.0. The predicted molar refractivity (Wildman–Crippen MR) is 67.1 cm³/mol. The van der Waals surface area contributed by atoms with Crippen molar-refractivity contribution in [2.45, 2.75) is 58.4 Å². The first kappa shape index (κ1) is 13.5. The first-order valence-corrected chi connectivity index (χ1v) is 6.64. The van der Waals surface area contributed by atoms with Crippen LogP contribution in [0.5, 0.6) is 0 Å². The minimum Gasteiger partial charge on any atom is -0.340 e. The quantitative estimate of drug-likeness (QED) is 0.645. The lowest BCUT2D eigenvalue weighted by Crippen LogP contribution is -2.38. The molecule has 0 aromatic heterocycles. The number of rotatable bonds is 8. The van der Waals surface area contributed by atoms with E-state index < -0.39 is 0 Å². The summed E-state index contributed by atoms with van der Waals surface area (Å²) in [5, 5.41) is 0. The second-order valence-corrected chi connectivity index (χ2v) is 5.18. The summed E-state index contributed by atoms with van der Waals surface area (Å²) in [4.78, 5) is 14.1. The zero-order valence-corrected chi connectivity index (χ0v) is 10.7. The van der Waals surface area contributed by atoms with Gasteiger partial charge in [-0.25, -0.2) is 0 Å². The average Bonchev–Trinajstić information content (AvgIpc) is 3.04. The van der Waals surface area contributed by atoms with Gasteiger partial charge in [0.05, 0.1) is 0 Å². The smallest absolute Gasteiger partial charge is 0.222 e. The lowest BCUT2D eigenvalue weighted by molar-refractivity contribution is -0.133. The van der Waals surface area contributed by atoms with Gasteiger partial charge in [-0.1, -0.05) is 6.42 Å². The predicted octanol–water partition coefficient (Wildman–Crippen LogP) is 2.15. The minimum absolute atomic E-state index is 0.332. The summed E-state index contributed by atoms with van der Waals surface area (Å²) in [6.45, 7) is 5.94. The van der Waals surface area contributed by atoms with E-state index in [1.807, 2.05) is 0 Å². The van der Waals surface area contributed by atoms with Gasteiger partial charge in [0, 0.05) is 19.0 Å². The molecule has 0 unspecified atom stereocenters. The summed E-state index contributed by atoms with van der Waals surface area (Å²) in [5.74, 6) is 1.12. The van der Waals surface area contributed by atoms with Gasteiger partial charge in [-0.15, -0.1) is 0 Å². The molecule has 0 aromatic carbocycles. The number of nitrogens with zero attached hydrogens (tertiary/aromatic N) is 1. The molecule has 1 rings (SSSR count). The Labute approximate surface area is 99.4 Å². The van der Waals surface area contributed by atoms with Gasteiger partial charge in [0.25, 0.3) is 0 Å². The molecular weight excluding hydrogens is 200 g/mol. The van der Waals surface area contributed by atoms with Crippen molar-refractivity contribution in [2.75, 3.05) is 13.1 Å². The Morgan fingerprint density at radius 1 is 1.31 bits per heavy atom. The zero-order chi connectivity index (χ0) is 12.0. The Morgan fingerprint density at radius 3 is 2.50 bits per heavy atom. The summed E-state index contributed by atoms with van der Waals surface area (Å²) in [6.07, 6.45) is 6.43. The number of amides is 1. The molecule has 0 saturated heterocycles. The van der Waals surface area contributed by atoms with Crippen LogP contribution in [0.25, 0.3) is 0 Å². The lowest BCUT2D eigenvalue weighted by atomic mass is 10.1. The number of hydrogen-bond donors (Lipinski definition) is 1. The van der Waals surface area contributed by atoms with Gasteiger partial charge >= 0.3 is 0 Å². The summed E-state index contributed by atoms with van der Waals surface area (Å²) in [6, 6.07) is 0.350. The SMILES string of the molecule is CC(C)N(CC1CC1)C(=O)CCCCCN. The Kier molecular flexibility index (Phi) is 5.81. The molecule has 3 nitrogen and oxygen atoms in total. The molecule has 94 valence electrons. The maximum atomic E-state index is 12.0. The molecule has 1 amide bonds. The summed E-state index contributed by atoms with van der Waals surface area (Å²) in [5.41, 5.74) is 5.43. The van der Waals surface area contributed by atoms with E-state index >= 15 is 0 Å². The third-order valence-corrected chi connectivity index (χ3v) is 3.19. The highest BCUT2D eigenvalue weighted by molar-refractivity contribution is 5.76. The van der Waals surface area contributed by atoms with E-state index in [0.29, 0.717) is 18.4 Å². The highest BCUT2D eigenvalue weighted by Gasteiger charge is 2.27. The molecule has 0 spiro atoms. The Morgan fingerprint density at radius 2 is 2.00 bits per heavy atom. The van der Waals surface area contributed by atoms with Crippen LogP contribution in [0.4, 0.5) is 0 Å². The molecule has 1 aliphatic carbocycles. The largest absolute Gasteiger partial charge is 0.340 e. The topological polar surface area (TPSA) is 46.3 Å². The molecule has 16 heavy (non-hydrogen) atoms. The second kappa shape index (κ2) is 6.89. The van der Waals surface area contributed by atoms with Gasteiger partial charge in [-0.2, -0.15) is 0 Å². The van der Waals surface area contributed by atoms with Gasteiger partial charge < -0.3 is 10.6 Å². The molecule has 1 saturated carbocycles. The van der Waals surface area contributed by atoms with Crippen LogP contribution in [-0.4, -0.2) is 29.9 Å². The van der Waals surface area contributed by atoms with Crippen molar-refractivity contribution < 1.29 is 4.79 Å². The van der Waals surface area contributed by atoms with Crippen LogP contribution in [0.1, 0.15) is 52.4 Å². The molecular formula is C13H26N2O. The first-order chi connectivity index (χ1) is 7.65. The second-order valence-electron chi connectivity index (χ2n) is 5.18. The average molecular weight is 226 g/mol. The van der Waals surface area contributed by atoms with Gasteiger partial charge in [0.15, 0.2) is 0 Å². The number of unbranched alkanes of at least 4 members (excludes halogenated alkanes) is 2. The normalized spacial score (nSPS) is 15.5. The van der Waals surface area contributed by atoms with E-state index in [-0.39, 0.29) is 0 Å². The van der Waals surface area contributed by atoms with Gasteiger partial charge in [0.1, 0.15) is 0 Å². The Balaban J connectivity index is 2.23. The molecule has 1 aliphatic rings. The highest BCUT2D eigenvalue weighted by Crippen LogP contribution is 2.30. The van der Waals surface area contributed by atoms with E-state index in [1.165, 1.54) is 12.8 Å². The summed E-state index contributed by atoms with van der Waals surface area (Å²) >= 11 is 0. The molecule has 0 heterocycles. The van der Waals surface area contributed by atoms with Crippen molar-refractivity contribution in [1.29, 1.82) is 0 Å². The van der Waals surface area contributed by atoms with Crippen LogP contribution in [-0.2, 0) is 4.79 Å². The van der Waals surface area contributed by atoms with Crippen LogP contribution in [0.2, 0.25) is 0 Å². The lowest BCUT2D eigenvalue weighted by Gasteiger charge is -2.27. The number of nitrogens with two attached hydrogens (primary N) is 1. The zero-order valence-electron chi connectivity index (χ0n) is 10.7. The van der Waals surface area contributed by atoms with Gasteiger partial charge in [-0.05, 0) is 52.0 Å². The van der Waals surface area contributed by atoms with Gasteiger partial charge in [0.2, 0.25) is 5.91 Å². The number of carbonyl (C=O) groups is 1. The van der Waals surface area contributed by atoms with Crippen molar-refractivity contribution in [3.8, 4) is 0 Å². The monoisotopic (exact) mass is 226 g/mol. The van der Waals surface area contributed by atoms with Crippen molar-refractivity contribution in [1.82, 2.24) is 4.90 Å². The highest BCUT2D eigenvalue weighted by atomic mass is 16.2. The standard InChI is InChI=1S/C13H26N2O/c1-11(2)15(10-12-7-8-12)13(16)6-4-3-5-9-14/h11-12H,3-10,14H2,1-2H3. The van der Waals surface area contributed by atoms with Crippen LogP contribution >= 0.6 is 0 Å². The molecule has 0 atom stereocenters. The van der Waals surface area contributed by atoms with Crippen molar-refractivity contribution in [3.63, 3.8) is 0 Å². The first-order valence-electron chi connectivity index (χ1n) is 6.64. The van der Waals surface area contributed by atoms with E-state index in [2.05, 4.69) is 18.7 Å². The Bertz CT molecular complexity index is 212. The molecule has 0 bridgehead atoms. The van der Waals surface area contributed by atoms with Crippen LogP contribution < -0.4 is 5.73 Å². The van der Waals surface area contributed by atoms with Crippen LogP contribution in [0, 0.1) is 5.92 Å². The summed E-state index contributed by atoms with van der Waals surface area (Å²) in [7, 11) is 0. The Hall–Kier alpha value is -0.570.